The van der Waals surface area contributed by atoms with Crippen LogP contribution >= 0.6 is 0 Å². The standard InChI is InChI=1S/C18H17N3O2/c1-12-7-8-13(2)16(9-12)20-17(22)11-21-18(23)15-6-4-3-5-14(15)10-19-21/h3-10H,11H2,1-2H3,(H,20,22). The molecule has 0 unspecified atom stereocenters. The van der Waals surface area contributed by atoms with Gasteiger partial charge in [-0.25, -0.2) is 4.68 Å². The fourth-order valence-corrected chi connectivity index (χ4v) is 2.44. The number of fused-ring (bicyclic) bond motifs is 1. The van der Waals surface area contributed by atoms with Crippen molar-refractivity contribution in [1.82, 2.24) is 9.78 Å². The quantitative estimate of drug-likeness (QED) is 0.809. The van der Waals surface area contributed by atoms with Crippen LogP contribution in [0.2, 0.25) is 0 Å². The van der Waals surface area contributed by atoms with Gasteiger partial charge in [0.25, 0.3) is 5.56 Å². The van der Waals surface area contributed by atoms with E-state index >= 15 is 0 Å². The van der Waals surface area contributed by atoms with Gasteiger partial charge in [0.15, 0.2) is 0 Å². The molecule has 5 nitrogen and oxygen atoms in total. The zero-order valence-corrected chi connectivity index (χ0v) is 13.0. The van der Waals surface area contributed by atoms with Crippen LogP contribution < -0.4 is 10.9 Å². The number of aromatic nitrogens is 2. The molecule has 0 aliphatic carbocycles. The second-order valence-electron chi connectivity index (χ2n) is 5.56. The zero-order valence-electron chi connectivity index (χ0n) is 13.0. The third-order valence-corrected chi connectivity index (χ3v) is 3.72. The molecule has 116 valence electrons. The molecule has 0 saturated carbocycles. The number of amides is 1. The highest BCUT2D eigenvalue weighted by molar-refractivity contribution is 5.91. The van der Waals surface area contributed by atoms with E-state index in [1.54, 1.807) is 18.3 Å². The van der Waals surface area contributed by atoms with Crippen LogP contribution in [-0.4, -0.2) is 15.7 Å². The van der Waals surface area contributed by atoms with E-state index in [0.29, 0.717) is 5.39 Å². The fraction of sp³-hybridized carbons (Fsp3) is 0.167. The van der Waals surface area contributed by atoms with Gasteiger partial charge in [-0.2, -0.15) is 5.10 Å². The Morgan fingerprint density at radius 1 is 1.17 bits per heavy atom. The SMILES string of the molecule is Cc1ccc(C)c(NC(=O)Cn2ncc3ccccc3c2=O)c1. The topological polar surface area (TPSA) is 64.0 Å². The summed E-state index contributed by atoms with van der Waals surface area (Å²) in [6.45, 7) is 3.77. The van der Waals surface area contributed by atoms with Crippen molar-refractivity contribution < 1.29 is 4.79 Å². The number of rotatable bonds is 3. The molecule has 0 bridgehead atoms. The van der Waals surface area contributed by atoms with E-state index in [9.17, 15) is 9.59 Å². The summed E-state index contributed by atoms with van der Waals surface area (Å²) in [5.41, 5.74) is 2.53. The molecule has 1 amide bonds. The van der Waals surface area contributed by atoms with E-state index in [4.69, 9.17) is 0 Å². The van der Waals surface area contributed by atoms with Crippen molar-refractivity contribution in [3.8, 4) is 0 Å². The second kappa shape index (κ2) is 6.04. The summed E-state index contributed by atoms with van der Waals surface area (Å²) in [5.74, 6) is -0.274. The highest BCUT2D eigenvalue weighted by Crippen LogP contribution is 2.16. The molecule has 5 heteroatoms. The molecule has 0 radical (unpaired) electrons. The molecular weight excluding hydrogens is 290 g/mol. The molecule has 0 fully saturated rings. The van der Waals surface area contributed by atoms with Gasteiger partial charge in [-0.3, -0.25) is 9.59 Å². The van der Waals surface area contributed by atoms with Gasteiger partial charge in [0.05, 0.1) is 11.6 Å². The molecule has 3 aromatic rings. The first kappa shape index (κ1) is 15.0. The predicted molar refractivity (Wildman–Crippen MR) is 90.5 cm³/mol. The highest BCUT2D eigenvalue weighted by atomic mass is 16.2. The summed E-state index contributed by atoms with van der Waals surface area (Å²) < 4.78 is 1.18. The van der Waals surface area contributed by atoms with Crippen LogP contribution in [0.4, 0.5) is 5.69 Å². The Bertz CT molecular complexity index is 944. The number of carbonyl (C=O) groups is 1. The Labute approximate surface area is 133 Å². The molecule has 0 aliphatic rings. The molecule has 1 heterocycles. The Kier molecular flexibility index (Phi) is 3.93. The van der Waals surface area contributed by atoms with Crippen molar-refractivity contribution in [3.63, 3.8) is 0 Å². The number of hydrogen-bond donors (Lipinski definition) is 1. The fourth-order valence-electron chi connectivity index (χ4n) is 2.44. The van der Waals surface area contributed by atoms with Gasteiger partial charge in [0.2, 0.25) is 5.91 Å². The van der Waals surface area contributed by atoms with Crippen molar-refractivity contribution in [2.24, 2.45) is 0 Å². The summed E-state index contributed by atoms with van der Waals surface area (Å²) in [6, 6.07) is 13.0. The van der Waals surface area contributed by atoms with Crippen LogP contribution in [0.5, 0.6) is 0 Å². The number of nitrogens with one attached hydrogen (secondary N) is 1. The van der Waals surface area contributed by atoms with Crippen LogP contribution in [0, 0.1) is 13.8 Å². The summed E-state index contributed by atoms with van der Waals surface area (Å²) in [6.07, 6.45) is 1.60. The maximum absolute atomic E-state index is 12.4. The first-order valence-electron chi connectivity index (χ1n) is 7.36. The normalized spacial score (nSPS) is 10.7. The van der Waals surface area contributed by atoms with Crippen molar-refractivity contribution in [2.75, 3.05) is 5.32 Å². The molecule has 1 aromatic heterocycles. The monoisotopic (exact) mass is 307 g/mol. The van der Waals surface area contributed by atoms with Gasteiger partial charge in [-0.1, -0.05) is 30.3 Å². The lowest BCUT2D eigenvalue weighted by atomic mass is 10.1. The number of anilines is 1. The Morgan fingerprint density at radius 2 is 1.96 bits per heavy atom. The first-order valence-corrected chi connectivity index (χ1v) is 7.36. The van der Waals surface area contributed by atoms with Crippen LogP contribution in [0.3, 0.4) is 0 Å². The highest BCUT2D eigenvalue weighted by Gasteiger charge is 2.09. The molecule has 23 heavy (non-hydrogen) atoms. The number of hydrogen-bond acceptors (Lipinski definition) is 3. The van der Waals surface area contributed by atoms with Crippen molar-refractivity contribution in [2.45, 2.75) is 20.4 Å². The van der Waals surface area contributed by atoms with Gasteiger partial charge in [0.1, 0.15) is 6.54 Å². The van der Waals surface area contributed by atoms with E-state index < -0.39 is 0 Å². The molecule has 2 aromatic carbocycles. The Morgan fingerprint density at radius 3 is 2.78 bits per heavy atom. The smallest absolute Gasteiger partial charge is 0.275 e. The average Bonchev–Trinajstić information content (AvgIpc) is 2.54. The first-order chi connectivity index (χ1) is 11.0. The number of benzene rings is 2. The molecule has 0 saturated heterocycles. The number of aryl methyl sites for hydroxylation is 2. The maximum Gasteiger partial charge on any atom is 0.275 e. The second-order valence-corrected chi connectivity index (χ2v) is 5.56. The van der Waals surface area contributed by atoms with Crippen LogP contribution in [0.1, 0.15) is 11.1 Å². The number of nitrogens with zero attached hydrogens (tertiary/aromatic N) is 2. The van der Waals surface area contributed by atoms with Crippen molar-refractivity contribution in [1.29, 1.82) is 0 Å². The van der Waals surface area contributed by atoms with Crippen LogP contribution in [0.25, 0.3) is 10.8 Å². The van der Waals surface area contributed by atoms with Crippen LogP contribution in [-0.2, 0) is 11.3 Å². The minimum atomic E-state index is -0.274. The summed E-state index contributed by atoms with van der Waals surface area (Å²) in [4.78, 5) is 24.6. The summed E-state index contributed by atoms with van der Waals surface area (Å²) in [5, 5.41) is 8.23. The maximum atomic E-state index is 12.4. The molecule has 0 spiro atoms. The zero-order chi connectivity index (χ0) is 16.4. The Balaban J connectivity index is 1.84. The van der Waals surface area contributed by atoms with Gasteiger partial charge in [0, 0.05) is 11.1 Å². The summed E-state index contributed by atoms with van der Waals surface area (Å²) in [7, 11) is 0. The molecular formula is C18H17N3O2. The van der Waals surface area contributed by atoms with E-state index in [1.807, 2.05) is 44.2 Å². The lowest BCUT2D eigenvalue weighted by molar-refractivity contribution is -0.117. The third-order valence-electron chi connectivity index (χ3n) is 3.72. The van der Waals surface area contributed by atoms with Gasteiger partial charge >= 0.3 is 0 Å². The lowest BCUT2D eigenvalue weighted by Crippen LogP contribution is -2.29. The summed E-state index contributed by atoms with van der Waals surface area (Å²) >= 11 is 0. The van der Waals surface area contributed by atoms with E-state index in [1.165, 1.54) is 4.68 Å². The molecule has 3 rings (SSSR count). The van der Waals surface area contributed by atoms with Gasteiger partial charge in [-0.05, 0) is 37.1 Å². The number of carbonyl (C=O) groups excluding carboxylic acids is 1. The average molecular weight is 307 g/mol. The van der Waals surface area contributed by atoms with E-state index in [-0.39, 0.29) is 18.0 Å². The minimum absolute atomic E-state index is 0.114. The van der Waals surface area contributed by atoms with Gasteiger partial charge in [-0.15, -0.1) is 0 Å². The molecule has 0 aliphatic heterocycles. The predicted octanol–water partition coefficient (Wildman–Crippen LogP) is 2.65. The minimum Gasteiger partial charge on any atom is -0.324 e. The lowest BCUT2D eigenvalue weighted by Gasteiger charge is -2.10. The van der Waals surface area contributed by atoms with Gasteiger partial charge < -0.3 is 5.32 Å². The van der Waals surface area contributed by atoms with Crippen molar-refractivity contribution >= 4 is 22.4 Å². The Hall–Kier alpha value is -2.95. The van der Waals surface area contributed by atoms with E-state index in [0.717, 1.165) is 22.2 Å². The largest absolute Gasteiger partial charge is 0.324 e. The molecule has 0 atom stereocenters. The molecule has 1 N–H and O–H groups in total. The van der Waals surface area contributed by atoms with E-state index in [2.05, 4.69) is 10.4 Å². The third kappa shape index (κ3) is 3.13. The van der Waals surface area contributed by atoms with Crippen molar-refractivity contribution in [3.05, 3.63) is 70.1 Å². The van der Waals surface area contributed by atoms with Crippen LogP contribution in [0.15, 0.2) is 53.5 Å².